The van der Waals surface area contributed by atoms with Gasteiger partial charge >= 0.3 is 7.12 Å². The van der Waals surface area contributed by atoms with Crippen molar-refractivity contribution in [2.45, 2.75) is 38.9 Å². The van der Waals surface area contributed by atoms with E-state index in [9.17, 15) is 5.26 Å². The molecular weight excluding hydrogens is 1680 g/mol. The second-order valence-electron chi connectivity index (χ2n) is 35.5. The molecule has 1 aliphatic heterocycles. The fraction of sp³-hybridized carbons (Fsp3) is 0.0517. The molecule has 29 rings (SSSR count). The molecule has 0 saturated carbocycles. The van der Waals surface area contributed by atoms with E-state index in [1.54, 1.807) is 12.1 Å². The van der Waals surface area contributed by atoms with Gasteiger partial charge in [-0.15, -0.1) is 0 Å². The molecule has 28 aromatic rings. The highest BCUT2D eigenvalue weighted by atomic mass is 35.5. The Labute approximate surface area is 765 Å². The average Bonchev–Trinajstić information content (AvgIpc) is 1.53. The summed E-state index contributed by atoms with van der Waals surface area (Å²) in [6.45, 7) is 8.10. The van der Waals surface area contributed by atoms with Crippen molar-refractivity contribution in [1.29, 1.82) is 10.5 Å². The molecule has 134 heavy (non-hydrogen) atoms. The Hall–Kier alpha value is -17.2. The van der Waals surface area contributed by atoms with Crippen LogP contribution in [-0.4, -0.2) is 47.4 Å². The number of aromatic nitrogens is 6. The average molecular weight is 1750 g/mol. The summed E-state index contributed by atoms with van der Waals surface area (Å²) in [5.41, 5.74) is 21.2. The molecule has 0 unspecified atom stereocenters. The SMILES string of the molecule is CC1(C)OB(c2ccc(C#N)cc2)OC1(C)C.Clc1nc2oc3ccccc3c2nc1-n1c2ccccc2c2c3cc(-c4ccc5oc6ccccc6c5c4)ccc3c3c4ccc5ccccc5c4oc3c21.N#Cc1ccc(-c2nc3oc4ccccc4c3nc2-n2c3ccccc3c3c4cc(-c5ccc6oc7ccccc7c6c5)ccc4c4c5ccc6ccccc6c5oc4c32)cc1. The van der Waals surface area contributed by atoms with E-state index in [2.05, 4.69) is 234 Å². The molecule has 10 aromatic heterocycles. The third-order valence-electron chi connectivity index (χ3n) is 27.5. The fourth-order valence-electron chi connectivity index (χ4n) is 20.4. The zero-order valence-corrected chi connectivity index (χ0v) is 72.9. The van der Waals surface area contributed by atoms with Gasteiger partial charge in [0.1, 0.15) is 61.4 Å². The smallest absolute Gasteiger partial charge is 0.456 e. The summed E-state index contributed by atoms with van der Waals surface area (Å²) in [6.07, 6.45) is 0. The standard InChI is InChI=1S/C55H28N4O3.C48H24ClN3O3.C13H16BNO2/c56-29-30-17-19-32(20-18-30)49-54(57-50-39-13-5-8-16-45(39)61-55(50)58-49)59-43-14-6-3-12-38(43)47-42-28-33(34-23-26-46-41(27-34)36-11-4-7-15-44(36)60-46)22-24-37(42)48-40-25-21-31-9-1-2-10-35(31)52(40)62-53(48)51(47)59;49-46-47(50-42-32-13-5-8-16-38(32)54-48(42)51-46)52-36-14-6-3-12-31(36)40-35-24-26(27-19-22-39-34(23-27)29-11-4-7-15-37(29)53-39)18-20-30(35)41-33-21-17-25-9-1-2-10-28(25)44(33)55-45(41)43(40)52;1-12(2)13(3,4)17-14(16-12)11-7-5-10(9-15)6-8-11/h1-28H;1-24H;5-8H,1-4H3. The summed E-state index contributed by atoms with van der Waals surface area (Å²) in [5.74, 6) is 1.13. The molecule has 0 amide bonds. The summed E-state index contributed by atoms with van der Waals surface area (Å²) in [7, 11) is -0.354. The van der Waals surface area contributed by atoms with E-state index >= 15 is 0 Å². The van der Waals surface area contributed by atoms with E-state index < -0.39 is 0 Å². The topological polar surface area (TPSA) is 206 Å². The quantitative estimate of drug-likeness (QED) is 0.142. The Balaban J connectivity index is 0.000000117. The van der Waals surface area contributed by atoms with Gasteiger partial charge in [0.15, 0.2) is 28.0 Å². The Kier molecular flexibility index (Phi) is 16.6. The summed E-state index contributed by atoms with van der Waals surface area (Å²) in [5, 5.41) is 41.9. The molecule has 0 spiro atoms. The van der Waals surface area contributed by atoms with Crippen molar-refractivity contribution < 1.29 is 35.8 Å². The lowest BCUT2D eigenvalue weighted by molar-refractivity contribution is 0.00578. The molecule has 0 aliphatic carbocycles. The van der Waals surface area contributed by atoms with E-state index in [4.69, 9.17) is 72.6 Å². The minimum absolute atomic E-state index is 0.235. The number of fused-ring (bicyclic) bond motifs is 36. The van der Waals surface area contributed by atoms with Crippen molar-refractivity contribution in [3.8, 4) is 57.3 Å². The molecule has 1 fully saturated rings. The van der Waals surface area contributed by atoms with E-state index in [1.807, 2.05) is 143 Å². The van der Waals surface area contributed by atoms with Crippen LogP contribution in [0.1, 0.15) is 38.8 Å². The van der Waals surface area contributed by atoms with E-state index in [0.717, 1.165) is 219 Å². The fourth-order valence-corrected chi connectivity index (χ4v) is 20.6. The molecule has 18 aromatic carbocycles. The van der Waals surface area contributed by atoms with Crippen LogP contribution in [0.15, 0.2) is 366 Å². The molecule has 18 heteroatoms. The third kappa shape index (κ3) is 11.5. The maximum absolute atomic E-state index is 9.74. The van der Waals surface area contributed by atoms with Gasteiger partial charge in [0.2, 0.25) is 11.4 Å². The molecule has 0 bridgehead atoms. The van der Waals surface area contributed by atoms with Crippen LogP contribution in [0.2, 0.25) is 5.15 Å². The Bertz CT molecular complexity index is 10100. The van der Waals surface area contributed by atoms with Crippen LogP contribution < -0.4 is 5.46 Å². The zero-order valence-electron chi connectivity index (χ0n) is 72.1. The van der Waals surface area contributed by atoms with Crippen molar-refractivity contribution in [3.05, 3.63) is 356 Å². The van der Waals surface area contributed by atoms with Crippen LogP contribution in [0, 0.1) is 22.7 Å². The number of hydrogen-bond donors (Lipinski definition) is 0. The highest BCUT2D eigenvalue weighted by Crippen LogP contribution is 2.53. The highest BCUT2D eigenvalue weighted by molar-refractivity contribution is 6.62. The normalized spacial score (nSPS) is 13.4. The molecule has 11 heterocycles. The Morgan fingerprint density at radius 2 is 0.657 bits per heavy atom. The number of nitrogens with zero attached hydrogens (tertiary/aromatic N) is 8. The number of para-hydroxylation sites is 6. The number of nitriles is 2. The summed E-state index contributed by atoms with van der Waals surface area (Å²) in [4.78, 5) is 20.8. The second-order valence-corrected chi connectivity index (χ2v) is 35.8. The summed E-state index contributed by atoms with van der Waals surface area (Å²) < 4.78 is 55.4. The molecular formula is C116H68BClN8O8. The van der Waals surface area contributed by atoms with Crippen LogP contribution in [0.4, 0.5) is 0 Å². The van der Waals surface area contributed by atoms with E-state index in [1.165, 1.54) is 0 Å². The summed E-state index contributed by atoms with van der Waals surface area (Å²) >= 11 is 7.14. The largest absolute Gasteiger partial charge is 0.494 e. The number of halogens is 1. The van der Waals surface area contributed by atoms with Crippen LogP contribution in [0.3, 0.4) is 0 Å². The number of rotatable bonds is 6. The van der Waals surface area contributed by atoms with Gasteiger partial charge in [-0.25, -0.2) is 15.0 Å². The van der Waals surface area contributed by atoms with E-state index in [0.29, 0.717) is 62.1 Å². The first kappa shape index (κ1) is 76.8. The third-order valence-corrected chi connectivity index (χ3v) is 27.8. The van der Waals surface area contributed by atoms with Crippen molar-refractivity contribution in [2.75, 3.05) is 0 Å². The predicted molar refractivity (Wildman–Crippen MR) is 539 cm³/mol. The lowest BCUT2D eigenvalue weighted by atomic mass is 9.79. The minimum atomic E-state index is -0.354. The lowest BCUT2D eigenvalue weighted by Crippen LogP contribution is -2.41. The van der Waals surface area contributed by atoms with Crippen LogP contribution in [0.5, 0.6) is 0 Å². The van der Waals surface area contributed by atoms with Gasteiger partial charge in [0.25, 0.3) is 0 Å². The number of furan rings is 6. The predicted octanol–water partition coefficient (Wildman–Crippen LogP) is 30.5. The van der Waals surface area contributed by atoms with Crippen LogP contribution in [-0.2, 0) is 9.31 Å². The minimum Gasteiger partial charge on any atom is -0.456 e. The Morgan fingerprint density at radius 1 is 0.291 bits per heavy atom. The molecule has 1 aliphatic rings. The molecule has 0 N–H and O–H groups in total. The molecule has 0 atom stereocenters. The van der Waals surface area contributed by atoms with Gasteiger partial charge in [-0.05, 0) is 209 Å². The first-order valence-corrected chi connectivity index (χ1v) is 44.8. The highest BCUT2D eigenvalue weighted by Gasteiger charge is 2.52. The van der Waals surface area contributed by atoms with Crippen molar-refractivity contribution in [2.24, 2.45) is 0 Å². The van der Waals surface area contributed by atoms with Gasteiger partial charge < -0.3 is 35.8 Å². The van der Waals surface area contributed by atoms with Crippen molar-refractivity contribution >= 4 is 243 Å². The van der Waals surface area contributed by atoms with Gasteiger partial charge in [0.05, 0.1) is 56.5 Å². The Morgan fingerprint density at radius 3 is 1.13 bits per heavy atom. The van der Waals surface area contributed by atoms with Crippen molar-refractivity contribution in [3.63, 3.8) is 0 Å². The second kappa shape index (κ2) is 28.9. The van der Waals surface area contributed by atoms with Crippen LogP contribution in [0.25, 0.3) is 264 Å². The zero-order chi connectivity index (χ0) is 89.3. The van der Waals surface area contributed by atoms with Crippen LogP contribution >= 0.6 is 11.6 Å². The lowest BCUT2D eigenvalue weighted by Gasteiger charge is -2.32. The monoisotopic (exact) mass is 1750 g/mol. The molecule has 0 radical (unpaired) electrons. The first-order valence-electron chi connectivity index (χ1n) is 44.4. The first-order chi connectivity index (χ1) is 65.7. The van der Waals surface area contributed by atoms with Gasteiger partial charge in [0, 0.05) is 91.7 Å². The maximum atomic E-state index is 9.74. The summed E-state index contributed by atoms with van der Waals surface area (Å²) in [6, 6.07) is 120. The van der Waals surface area contributed by atoms with Gasteiger partial charge in [-0.3, -0.25) is 9.13 Å². The van der Waals surface area contributed by atoms with Gasteiger partial charge in [-0.2, -0.15) is 15.5 Å². The van der Waals surface area contributed by atoms with E-state index in [-0.39, 0.29) is 23.5 Å². The van der Waals surface area contributed by atoms with Crippen molar-refractivity contribution in [1.82, 2.24) is 29.1 Å². The molecule has 630 valence electrons. The maximum Gasteiger partial charge on any atom is 0.494 e. The molecule has 1 saturated heterocycles. The number of benzene rings is 18. The number of hydrogen-bond acceptors (Lipinski definition) is 14. The molecule has 16 nitrogen and oxygen atoms in total. The van der Waals surface area contributed by atoms with Gasteiger partial charge in [-0.1, -0.05) is 230 Å².